The summed E-state index contributed by atoms with van der Waals surface area (Å²) < 4.78 is 12.4. The van der Waals surface area contributed by atoms with Gasteiger partial charge in [0.15, 0.2) is 0 Å². The van der Waals surface area contributed by atoms with E-state index in [-0.39, 0.29) is 0 Å². The van der Waals surface area contributed by atoms with Gasteiger partial charge in [0.25, 0.3) is 0 Å². The molecule has 0 aliphatic carbocycles. The monoisotopic (exact) mass is 732 g/mol. The van der Waals surface area contributed by atoms with Crippen molar-refractivity contribution in [3.8, 4) is 57.1 Å². The Balaban J connectivity index is 0.905. The van der Waals surface area contributed by atoms with Crippen molar-refractivity contribution in [2.24, 2.45) is 10.2 Å². The van der Waals surface area contributed by atoms with Crippen LogP contribution in [0.2, 0.25) is 0 Å². The molecule has 8 aromatic rings. The quantitative estimate of drug-likeness (QED) is 0.114. The minimum Gasteiger partial charge on any atom is -0.489 e. The molecule has 0 N–H and O–H groups in total. The van der Waals surface area contributed by atoms with Crippen LogP contribution in [0.5, 0.6) is 11.5 Å². The molecule has 6 heterocycles. The fraction of sp³-hybridized carbons (Fsp3) is 0.0870. The highest BCUT2D eigenvalue weighted by Gasteiger charge is 2.14. The molecular weight excluding hydrogens is 697 g/mol. The van der Waals surface area contributed by atoms with Gasteiger partial charge in [-0.25, -0.2) is 9.97 Å². The summed E-state index contributed by atoms with van der Waals surface area (Å²) in [5, 5.41) is 8.85. The van der Waals surface area contributed by atoms with E-state index >= 15 is 0 Å². The summed E-state index contributed by atoms with van der Waals surface area (Å²) in [5.74, 6) is 1.40. The van der Waals surface area contributed by atoms with Crippen molar-refractivity contribution in [2.75, 3.05) is 0 Å². The predicted octanol–water partition coefficient (Wildman–Crippen LogP) is 10.9. The van der Waals surface area contributed by atoms with Gasteiger partial charge in [-0.1, -0.05) is 36.4 Å². The summed E-state index contributed by atoms with van der Waals surface area (Å²) in [6, 6.07) is 42.5. The molecule has 56 heavy (non-hydrogen) atoms. The Morgan fingerprint density at radius 3 is 1.21 bits per heavy atom. The first-order valence-electron chi connectivity index (χ1n) is 18.1. The van der Waals surface area contributed by atoms with Crippen LogP contribution >= 0.6 is 0 Å². The largest absolute Gasteiger partial charge is 0.489 e. The van der Waals surface area contributed by atoms with Crippen LogP contribution in [-0.2, 0) is 13.2 Å². The van der Waals surface area contributed by atoms with Crippen molar-refractivity contribution in [2.45, 2.75) is 27.1 Å². The third-order valence-corrected chi connectivity index (χ3v) is 8.86. The molecule has 0 spiro atoms. The number of rotatable bonds is 12. The molecule has 10 heteroatoms. The molecule has 0 fully saturated rings. The average molecular weight is 733 g/mol. The average Bonchev–Trinajstić information content (AvgIpc) is 3.26. The van der Waals surface area contributed by atoms with Gasteiger partial charge >= 0.3 is 0 Å². The van der Waals surface area contributed by atoms with Crippen LogP contribution in [0.25, 0.3) is 45.6 Å². The second-order valence-electron chi connectivity index (χ2n) is 13.0. The highest BCUT2D eigenvalue weighted by molar-refractivity contribution is 5.66. The predicted molar refractivity (Wildman–Crippen MR) is 217 cm³/mol. The van der Waals surface area contributed by atoms with Crippen LogP contribution in [0.4, 0.5) is 11.4 Å². The highest BCUT2D eigenvalue weighted by Crippen LogP contribution is 2.29. The smallest absolute Gasteiger partial charge is 0.119 e. The second-order valence-corrected chi connectivity index (χ2v) is 13.0. The molecule has 0 radical (unpaired) electrons. The first kappa shape index (κ1) is 35.6. The van der Waals surface area contributed by atoms with Crippen LogP contribution in [0.1, 0.15) is 22.3 Å². The fourth-order valence-electron chi connectivity index (χ4n) is 5.84. The summed E-state index contributed by atoms with van der Waals surface area (Å²) in [6.45, 7) is 4.65. The van der Waals surface area contributed by atoms with E-state index in [9.17, 15) is 0 Å². The Hall–Kier alpha value is -7.46. The van der Waals surface area contributed by atoms with Crippen molar-refractivity contribution >= 4 is 11.4 Å². The maximum Gasteiger partial charge on any atom is 0.119 e. The maximum absolute atomic E-state index is 6.19. The Labute approximate surface area is 324 Å². The highest BCUT2D eigenvalue weighted by atomic mass is 16.5. The zero-order chi connectivity index (χ0) is 38.1. The Bertz CT molecular complexity index is 2380. The number of aromatic nitrogens is 6. The van der Waals surface area contributed by atoms with Crippen molar-refractivity contribution in [1.29, 1.82) is 0 Å². The zero-order valence-corrected chi connectivity index (χ0v) is 30.8. The standard InChI is InChI=1S/C46H36N8O2/c1-31-9-21-43(49-27-31)45-33(11-23-41(51-45)39-7-3-5-25-47-39)29-55-37-17-13-35(14-18-37)53-54-36-15-19-38(20-16-36)56-30-34-12-24-42(40-8-4-6-26-48-40)52-46(34)44-22-10-32(2)28-50-44/h3-28H,29-30H2,1-2H3. The van der Waals surface area contributed by atoms with Gasteiger partial charge < -0.3 is 9.47 Å². The summed E-state index contributed by atoms with van der Waals surface area (Å²) in [4.78, 5) is 28.1. The lowest BCUT2D eigenvalue weighted by molar-refractivity contribution is 0.306. The SMILES string of the molecule is Cc1ccc(-c2nc(-c3ccccn3)ccc2COc2ccc(N=Nc3ccc(OCc4ccc(-c5ccccn5)nc4-c4ccc(C)cn4)cc3)cc2)nc1. The van der Waals surface area contributed by atoms with Crippen LogP contribution in [0, 0.1) is 13.8 Å². The van der Waals surface area contributed by atoms with Crippen molar-refractivity contribution < 1.29 is 9.47 Å². The van der Waals surface area contributed by atoms with Gasteiger partial charge in [0, 0.05) is 35.9 Å². The normalized spacial score (nSPS) is 11.1. The summed E-state index contributed by atoms with van der Waals surface area (Å²) in [6.07, 6.45) is 7.21. The Kier molecular flexibility index (Phi) is 10.6. The molecule has 10 nitrogen and oxygen atoms in total. The number of hydrogen-bond acceptors (Lipinski definition) is 10. The van der Waals surface area contributed by atoms with Gasteiger partial charge in [-0.3, -0.25) is 19.9 Å². The molecule has 0 aliphatic rings. The molecule has 0 unspecified atom stereocenters. The maximum atomic E-state index is 6.19. The van der Waals surface area contributed by atoms with E-state index in [4.69, 9.17) is 19.4 Å². The molecule has 0 aliphatic heterocycles. The molecule has 0 amide bonds. The number of nitrogens with zero attached hydrogens (tertiary/aromatic N) is 8. The lowest BCUT2D eigenvalue weighted by Crippen LogP contribution is -2.02. The minimum atomic E-state index is 0.312. The first-order valence-corrected chi connectivity index (χ1v) is 18.1. The topological polar surface area (TPSA) is 121 Å². The van der Waals surface area contributed by atoms with Crippen LogP contribution < -0.4 is 9.47 Å². The zero-order valence-electron chi connectivity index (χ0n) is 30.8. The third-order valence-electron chi connectivity index (χ3n) is 8.86. The number of hydrogen-bond donors (Lipinski definition) is 0. The van der Waals surface area contributed by atoms with E-state index in [1.54, 1.807) is 12.4 Å². The van der Waals surface area contributed by atoms with E-state index in [0.29, 0.717) is 36.1 Å². The molecule has 0 saturated carbocycles. The van der Waals surface area contributed by atoms with Gasteiger partial charge in [0.2, 0.25) is 0 Å². The van der Waals surface area contributed by atoms with E-state index in [0.717, 1.165) is 67.8 Å². The van der Waals surface area contributed by atoms with Gasteiger partial charge in [-0.2, -0.15) is 10.2 Å². The minimum absolute atomic E-state index is 0.312. The Morgan fingerprint density at radius 1 is 0.411 bits per heavy atom. The number of pyridine rings is 6. The molecule has 2 aromatic carbocycles. The third kappa shape index (κ3) is 8.67. The van der Waals surface area contributed by atoms with Gasteiger partial charge in [-0.05, 0) is 122 Å². The van der Waals surface area contributed by atoms with E-state index in [1.165, 1.54) is 0 Å². The van der Waals surface area contributed by atoms with Gasteiger partial charge in [-0.15, -0.1) is 0 Å². The number of aryl methyl sites for hydroxylation is 2. The summed E-state index contributed by atoms with van der Waals surface area (Å²) in [7, 11) is 0. The van der Waals surface area contributed by atoms with E-state index in [2.05, 4.69) is 30.2 Å². The fourth-order valence-corrected chi connectivity index (χ4v) is 5.84. The van der Waals surface area contributed by atoms with Gasteiger partial charge in [0.05, 0.1) is 56.9 Å². The molecule has 272 valence electrons. The van der Waals surface area contributed by atoms with E-state index in [1.807, 2.05) is 160 Å². The Morgan fingerprint density at radius 2 is 0.839 bits per heavy atom. The van der Waals surface area contributed by atoms with Crippen molar-refractivity contribution in [1.82, 2.24) is 29.9 Å². The number of azo groups is 1. The molecule has 8 rings (SSSR count). The molecule has 6 aromatic heterocycles. The molecule has 0 saturated heterocycles. The second kappa shape index (κ2) is 16.7. The van der Waals surface area contributed by atoms with Crippen molar-refractivity contribution in [3.05, 3.63) is 181 Å². The van der Waals surface area contributed by atoms with Crippen molar-refractivity contribution in [3.63, 3.8) is 0 Å². The van der Waals surface area contributed by atoms with Crippen LogP contribution in [-0.4, -0.2) is 29.9 Å². The van der Waals surface area contributed by atoms with Gasteiger partial charge in [0.1, 0.15) is 24.7 Å². The molecule has 0 bridgehead atoms. The lowest BCUT2D eigenvalue weighted by atomic mass is 10.1. The number of ether oxygens (including phenoxy) is 2. The summed E-state index contributed by atoms with van der Waals surface area (Å²) in [5.41, 5.74) is 11.6. The van der Waals surface area contributed by atoms with E-state index < -0.39 is 0 Å². The number of benzene rings is 2. The van der Waals surface area contributed by atoms with Crippen LogP contribution in [0.3, 0.4) is 0 Å². The molecule has 0 atom stereocenters. The first-order chi connectivity index (χ1) is 27.5. The van der Waals surface area contributed by atoms with Crippen LogP contribution in [0.15, 0.2) is 168 Å². The summed E-state index contributed by atoms with van der Waals surface area (Å²) >= 11 is 0. The lowest BCUT2D eigenvalue weighted by Gasteiger charge is -2.12. The molecular formula is C46H36N8O2.